The Kier molecular flexibility index (Phi) is 4.91. The van der Waals surface area contributed by atoms with E-state index in [9.17, 15) is 4.79 Å². The lowest BCUT2D eigenvalue weighted by atomic mass is 9.96. The number of benzene rings is 1. The zero-order valence-electron chi connectivity index (χ0n) is 10.7. The van der Waals surface area contributed by atoms with Gasteiger partial charge in [-0.15, -0.1) is 0 Å². The molecule has 0 bridgehead atoms. The van der Waals surface area contributed by atoms with Gasteiger partial charge in [0, 0.05) is 12.7 Å². The Bertz CT molecular complexity index is 407. The summed E-state index contributed by atoms with van der Waals surface area (Å²) in [6, 6.07) is 9.71. The van der Waals surface area contributed by atoms with E-state index in [1.807, 2.05) is 37.3 Å². The Labute approximate surface area is 102 Å². The first-order chi connectivity index (χ1) is 8.11. The number of hydrogen-bond donors (Lipinski definition) is 0. The van der Waals surface area contributed by atoms with Gasteiger partial charge in [0.1, 0.15) is 0 Å². The van der Waals surface area contributed by atoms with Crippen LogP contribution in [0.25, 0.3) is 5.57 Å². The van der Waals surface area contributed by atoms with E-state index in [-0.39, 0.29) is 12.1 Å². The van der Waals surface area contributed by atoms with Crippen LogP contribution in [0.1, 0.15) is 19.4 Å². The van der Waals surface area contributed by atoms with E-state index in [4.69, 9.17) is 9.47 Å². The number of carbonyl (C=O) groups excluding carboxylic acids is 1. The molecule has 0 aliphatic rings. The van der Waals surface area contributed by atoms with Crippen molar-refractivity contribution in [1.29, 1.82) is 0 Å². The van der Waals surface area contributed by atoms with Crippen molar-refractivity contribution in [3.05, 3.63) is 41.5 Å². The van der Waals surface area contributed by atoms with E-state index in [1.54, 1.807) is 14.0 Å². The molecule has 0 N–H and O–H groups in total. The molecule has 1 rings (SSSR count). The predicted molar refractivity (Wildman–Crippen MR) is 67.5 cm³/mol. The zero-order valence-corrected chi connectivity index (χ0v) is 10.7. The van der Waals surface area contributed by atoms with Gasteiger partial charge in [-0.05, 0) is 25.0 Å². The molecule has 0 amide bonds. The molecule has 0 radical (unpaired) electrons. The van der Waals surface area contributed by atoms with Crippen LogP contribution in [0.2, 0.25) is 0 Å². The van der Waals surface area contributed by atoms with E-state index >= 15 is 0 Å². The van der Waals surface area contributed by atoms with Gasteiger partial charge in [-0.25, -0.2) is 4.79 Å². The molecule has 0 heterocycles. The molecule has 17 heavy (non-hydrogen) atoms. The minimum absolute atomic E-state index is 0.156. The number of carbonyl (C=O) groups is 1. The number of hydrogen-bond acceptors (Lipinski definition) is 3. The van der Waals surface area contributed by atoms with E-state index in [2.05, 4.69) is 0 Å². The normalized spacial score (nSPS) is 13.9. The third-order valence-electron chi connectivity index (χ3n) is 2.74. The van der Waals surface area contributed by atoms with Crippen LogP contribution in [0.15, 0.2) is 35.9 Å². The van der Waals surface area contributed by atoms with Crippen molar-refractivity contribution in [3.63, 3.8) is 0 Å². The summed E-state index contributed by atoms with van der Waals surface area (Å²) in [6.07, 6.45) is -0.156. The summed E-state index contributed by atoms with van der Waals surface area (Å²) >= 11 is 0. The van der Waals surface area contributed by atoms with Gasteiger partial charge >= 0.3 is 5.97 Å². The molecule has 92 valence electrons. The molecule has 1 aromatic carbocycles. The Hall–Kier alpha value is -1.61. The maximum absolute atomic E-state index is 11.6. The summed E-state index contributed by atoms with van der Waals surface area (Å²) in [5, 5.41) is 0. The van der Waals surface area contributed by atoms with Gasteiger partial charge in [0.2, 0.25) is 0 Å². The highest BCUT2D eigenvalue weighted by molar-refractivity contribution is 5.97. The predicted octanol–water partition coefficient (Wildman–Crippen LogP) is 2.67. The fourth-order valence-corrected chi connectivity index (χ4v) is 1.75. The fraction of sp³-hybridized carbons (Fsp3) is 0.357. The molecule has 3 nitrogen and oxygen atoms in total. The van der Waals surface area contributed by atoms with Gasteiger partial charge in [-0.3, -0.25) is 0 Å². The number of ether oxygens (including phenoxy) is 2. The first-order valence-corrected chi connectivity index (χ1v) is 5.49. The summed E-state index contributed by atoms with van der Waals surface area (Å²) in [7, 11) is 3.00. The van der Waals surface area contributed by atoms with Gasteiger partial charge in [0.15, 0.2) is 0 Å². The maximum Gasteiger partial charge on any atom is 0.333 e. The van der Waals surface area contributed by atoms with Crippen LogP contribution in [0.4, 0.5) is 0 Å². The van der Waals surface area contributed by atoms with Gasteiger partial charge < -0.3 is 9.47 Å². The highest BCUT2D eigenvalue weighted by atomic mass is 16.5. The molecule has 1 atom stereocenters. The second-order valence-electron chi connectivity index (χ2n) is 3.77. The lowest BCUT2D eigenvalue weighted by molar-refractivity contribution is -0.136. The molecular weight excluding hydrogens is 216 g/mol. The second-order valence-corrected chi connectivity index (χ2v) is 3.77. The highest BCUT2D eigenvalue weighted by Gasteiger charge is 2.18. The minimum atomic E-state index is -0.326. The van der Waals surface area contributed by atoms with E-state index < -0.39 is 0 Å². The first-order valence-electron chi connectivity index (χ1n) is 5.49. The van der Waals surface area contributed by atoms with Crippen LogP contribution in [-0.4, -0.2) is 26.3 Å². The third kappa shape index (κ3) is 3.17. The van der Waals surface area contributed by atoms with Crippen molar-refractivity contribution in [2.75, 3.05) is 14.2 Å². The molecular formula is C14H18O3. The third-order valence-corrected chi connectivity index (χ3v) is 2.74. The van der Waals surface area contributed by atoms with Gasteiger partial charge in [0.05, 0.1) is 13.2 Å². The quantitative estimate of drug-likeness (QED) is 0.593. The lowest BCUT2D eigenvalue weighted by Crippen LogP contribution is -2.14. The molecule has 0 aliphatic heterocycles. The topological polar surface area (TPSA) is 35.5 Å². The first kappa shape index (κ1) is 13.5. The lowest BCUT2D eigenvalue weighted by Gasteiger charge is -2.17. The summed E-state index contributed by atoms with van der Waals surface area (Å²) < 4.78 is 10.1. The van der Waals surface area contributed by atoms with Crippen LogP contribution in [0.3, 0.4) is 0 Å². The minimum Gasteiger partial charge on any atom is -0.466 e. The number of esters is 1. The standard InChI is InChI=1S/C14H18O3/c1-10(14(15)17-4)13(11(2)16-3)12-8-6-5-7-9-12/h5-9,11H,1-4H3/b13-10+. The fourth-order valence-electron chi connectivity index (χ4n) is 1.75. The van der Waals surface area contributed by atoms with Crippen LogP contribution < -0.4 is 0 Å². The largest absolute Gasteiger partial charge is 0.466 e. The zero-order chi connectivity index (χ0) is 12.8. The number of methoxy groups -OCH3 is 2. The summed E-state index contributed by atoms with van der Waals surface area (Å²) in [6.45, 7) is 3.67. The molecule has 1 aromatic rings. The van der Waals surface area contributed by atoms with Crippen LogP contribution in [-0.2, 0) is 14.3 Å². The SMILES string of the molecule is COC(=O)/C(C)=C(/c1ccccc1)C(C)OC. The van der Waals surface area contributed by atoms with Gasteiger partial charge in [-0.1, -0.05) is 30.3 Å². The summed E-state index contributed by atoms with van der Waals surface area (Å²) in [4.78, 5) is 11.6. The molecule has 0 aromatic heterocycles. The van der Waals surface area contributed by atoms with Crippen molar-refractivity contribution >= 4 is 11.5 Å². The second kappa shape index (κ2) is 6.21. The van der Waals surface area contributed by atoms with Gasteiger partial charge in [-0.2, -0.15) is 0 Å². The molecule has 0 saturated carbocycles. The van der Waals surface area contributed by atoms with Crippen LogP contribution in [0, 0.1) is 0 Å². The number of rotatable bonds is 4. The van der Waals surface area contributed by atoms with Crippen molar-refractivity contribution < 1.29 is 14.3 Å². The highest BCUT2D eigenvalue weighted by Crippen LogP contribution is 2.24. The van der Waals surface area contributed by atoms with Crippen molar-refractivity contribution in [2.45, 2.75) is 20.0 Å². The summed E-state index contributed by atoms with van der Waals surface area (Å²) in [5.74, 6) is -0.326. The Morgan fingerprint density at radius 1 is 1.18 bits per heavy atom. The Morgan fingerprint density at radius 2 is 1.76 bits per heavy atom. The van der Waals surface area contributed by atoms with E-state index in [1.165, 1.54) is 7.11 Å². The Morgan fingerprint density at radius 3 is 2.24 bits per heavy atom. The van der Waals surface area contributed by atoms with Crippen molar-refractivity contribution in [2.24, 2.45) is 0 Å². The smallest absolute Gasteiger partial charge is 0.333 e. The van der Waals surface area contributed by atoms with E-state index in [0.29, 0.717) is 5.57 Å². The molecule has 0 spiro atoms. The van der Waals surface area contributed by atoms with E-state index in [0.717, 1.165) is 11.1 Å². The molecule has 0 fully saturated rings. The molecule has 0 saturated heterocycles. The summed E-state index contributed by atoms with van der Waals surface area (Å²) in [5.41, 5.74) is 2.41. The molecule has 3 heteroatoms. The monoisotopic (exact) mass is 234 g/mol. The van der Waals surface area contributed by atoms with Crippen LogP contribution >= 0.6 is 0 Å². The van der Waals surface area contributed by atoms with Crippen LogP contribution in [0.5, 0.6) is 0 Å². The van der Waals surface area contributed by atoms with Crippen molar-refractivity contribution in [3.8, 4) is 0 Å². The Balaban J connectivity index is 3.27. The maximum atomic E-state index is 11.6. The van der Waals surface area contributed by atoms with Gasteiger partial charge in [0.25, 0.3) is 0 Å². The molecule has 1 unspecified atom stereocenters. The average molecular weight is 234 g/mol. The average Bonchev–Trinajstić information content (AvgIpc) is 2.38. The molecule has 0 aliphatic carbocycles. The van der Waals surface area contributed by atoms with Crippen molar-refractivity contribution in [1.82, 2.24) is 0 Å².